The van der Waals surface area contributed by atoms with Crippen molar-refractivity contribution in [3.63, 3.8) is 0 Å². The molecule has 0 rings (SSSR count). The van der Waals surface area contributed by atoms with Gasteiger partial charge in [-0.15, -0.1) is 0 Å². The number of methoxy groups -OCH3 is 1. The van der Waals surface area contributed by atoms with Crippen LogP contribution in [0.2, 0.25) is 0 Å². The van der Waals surface area contributed by atoms with Crippen LogP contribution < -0.4 is 0 Å². The molecule has 0 aromatic rings. The minimum absolute atomic E-state index is 0.0573. The fourth-order valence-corrected chi connectivity index (χ4v) is 0.965. The molecule has 0 aliphatic rings. The van der Waals surface area contributed by atoms with E-state index in [2.05, 4.69) is 0 Å². The molecule has 0 heterocycles. The Kier molecular flexibility index (Phi) is 6.76. The number of hydrogen-bond acceptors (Lipinski definition) is 3. The lowest BCUT2D eigenvalue weighted by Gasteiger charge is -2.10. The molecule has 0 radical (unpaired) electrons. The Hall–Kier alpha value is -0.570. The minimum Gasteiger partial charge on any atom is -0.463 e. The van der Waals surface area contributed by atoms with Crippen LogP contribution in [0.25, 0.3) is 0 Å². The molecule has 0 aliphatic carbocycles. The summed E-state index contributed by atoms with van der Waals surface area (Å²) in [5.74, 6) is -0.0427. The highest BCUT2D eigenvalue weighted by Gasteiger charge is 2.14. The molecule has 0 saturated carbocycles. The van der Waals surface area contributed by atoms with Gasteiger partial charge in [0.15, 0.2) is 0 Å². The Labute approximate surface area is 74.0 Å². The summed E-state index contributed by atoms with van der Waals surface area (Å²) < 4.78 is 9.72. The molecular formula is C9H18O3. The highest BCUT2D eigenvalue weighted by Crippen LogP contribution is 2.08. The number of rotatable bonds is 6. The van der Waals surface area contributed by atoms with Crippen molar-refractivity contribution in [1.82, 2.24) is 0 Å². The van der Waals surface area contributed by atoms with Crippen LogP contribution >= 0.6 is 0 Å². The van der Waals surface area contributed by atoms with E-state index in [1.807, 2.05) is 13.8 Å². The smallest absolute Gasteiger partial charge is 0.308 e. The number of hydrogen-bond donors (Lipinski definition) is 0. The van der Waals surface area contributed by atoms with Crippen LogP contribution in [-0.2, 0) is 14.3 Å². The lowest BCUT2D eigenvalue weighted by molar-refractivity contribution is -0.150. The minimum atomic E-state index is -0.1000. The highest BCUT2D eigenvalue weighted by atomic mass is 16.6. The summed E-state index contributed by atoms with van der Waals surface area (Å²) >= 11 is 0. The van der Waals surface area contributed by atoms with Crippen molar-refractivity contribution >= 4 is 5.97 Å². The average molecular weight is 174 g/mol. The van der Waals surface area contributed by atoms with Gasteiger partial charge in [0.1, 0.15) is 6.61 Å². The zero-order valence-corrected chi connectivity index (χ0v) is 8.13. The maximum absolute atomic E-state index is 11.2. The summed E-state index contributed by atoms with van der Waals surface area (Å²) in [6.45, 7) is 4.83. The SMILES string of the molecule is CCC(CC)C(=O)OCCOC. The molecule has 0 fully saturated rings. The monoisotopic (exact) mass is 174 g/mol. The van der Waals surface area contributed by atoms with Crippen LogP contribution in [0.5, 0.6) is 0 Å². The van der Waals surface area contributed by atoms with Gasteiger partial charge in [0.05, 0.1) is 12.5 Å². The third kappa shape index (κ3) is 4.34. The maximum Gasteiger partial charge on any atom is 0.308 e. The largest absolute Gasteiger partial charge is 0.463 e. The van der Waals surface area contributed by atoms with E-state index < -0.39 is 0 Å². The first kappa shape index (κ1) is 11.4. The summed E-state index contributed by atoms with van der Waals surface area (Å²) in [7, 11) is 1.59. The van der Waals surface area contributed by atoms with E-state index in [4.69, 9.17) is 9.47 Å². The molecule has 0 bridgehead atoms. The van der Waals surface area contributed by atoms with Crippen molar-refractivity contribution in [1.29, 1.82) is 0 Å². The zero-order valence-electron chi connectivity index (χ0n) is 8.13. The van der Waals surface area contributed by atoms with E-state index in [-0.39, 0.29) is 11.9 Å². The predicted octanol–water partition coefficient (Wildman–Crippen LogP) is 1.61. The van der Waals surface area contributed by atoms with Gasteiger partial charge in [-0.05, 0) is 12.8 Å². The number of carbonyl (C=O) groups is 1. The first-order chi connectivity index (χ1) is 5.76. The molecule has 0 unspecified atom stereocenters. The Morgan fingerprint density at radius 3 is 2.25 bits per heavy atom. The molecule has 0 aliphatic heterocycles. The predicted molar refractivity (Wildman–Crippen MR) is 46.9 cm³/mol. The van der Waals surface area contributed by atoms with Crippen LogP contribution in [0.4, 0.5) is 0 Å². The summed E-state index contributed by atoms with van der Waals surface area (Å²) in [4.78, 5) is 11.2. The van der Waals surface area contributed by atoms with Crippen LogP contribution in [0, 0.1) is 5.92 Å². The van der Waals surface area contributed by atoms with Crippen LogP contribution in [0.3, 0.4) is 0 Å². The molecule has 12 heavy (non-hydrogen) atoms. The van der Waals surface area contributed by atoms with Crippen molar-refractivity contribution in [2.24, 2.45) is 5.92 Å². The molecule has 0 aromatic carbocycles. The van der Waals surface area contributed by atoms with Gasteiger partial charge in [0, 0.05) is 7.11 Å². The lowest BCUT2D eigenvalue weighted by Crippen LogP contribution is -2.18. The molecule has 0 atom stereocenters. The second-order valence-electron chi connectivity index (χ2n) is 2.67. The van der Waals surface area contributed by atoms with E-state index in [0.717, 1.165) is 12.8 Å². The number of ether oxygens (including phenoxy) is 2. The van der Waals surface area contributed by atoms with E-state index >= 15 is 0 Å². The zero-order chi connectivity index (χ0) is 9.40. The molecular weight excluding hydrogens is 156 g/mol. The molecule has 72 valence electrons. The van der Waals surface area contributed by atoms with Crippen LogP contribution in [0.1, 0.15) is 26.7 Å². The van der Waals surface area contributed by atoms with Gasteiger partial charge in [-0.1, -0.05) is 13.8 Å². The molecule has 0 saturated heterocycles. The first-order valence-corrected chi connectivity index (χ1v) is 4.41. The van der Waals surface area contributed by atoms with Crippen molar-refractivity contribution in [3.05, 3.63) is 0 Å². The number of esters is 1. The quantitative estimate of drug-likeness (QED) is 0.453. The van der Waals surface area contributed by atoms with Crippen molar-refractivity contribution in [2.75, 3.05) is 20.3 Å². The van der Waals surface area contributed by atoms with Crippen molar-refractivity contribution in [2.45, 2.75) is 26.7 Å². The highest BCUT2D eigenvalue weighted by molar-refractivity contribution is 5.72. The van der Waals surface area contributed by atoms with Gasteiger partial charge in [0.2, 0.25) is 0 Å². The van der Waals surface area contributed by atoms with Gasteiger partial charge in [0.25, 0.3) is 0 Å². The first-order valence-electron chi connectivity index (χ1n) is 4.41. The van der Waals surface area contributed by atoms with Gasteiger partial charge < -0.3 is 9.47 Å². The summed E-state index contributed by atoms with van der Waals surface area (Å²) in [5, 5.41) is 0. The van der Waals surface area contributed by atoms with Crippen LogP contribution in [0.15, 0.2) is 0 Å². The summed E-state index contributed by atoms with van der Waals surface area (Å²) in [6.07, 6.45) is 1.70. The normalized spacial score (nSPS) is 10.3. The lowest BCUT2D eigenvalue weighted by atomic mass is 10.0. The third-order valence-electron chi connectivity index (χ3n) is 1.85. The Bertz CT molecular complexity index is 119. The van der Waals surface area contributed by atoms with Crippen LogP contribution in [-0.4, -0.2) is 26.3 Å². The standard InChI is InChI=1S/C9H18O3/c1-4-8(5-2)9(10)12-7-6-11-3/h8H,4-7H2,1-3H3. The Balaban J connectivity index is 3.54. The molecule has 3 heteroatoms. The van der Waals surface area contributed by atoms with Gasteiger partial charge in [-0.25, -0.2) is 0 Å². The molecule has 3 nitrogen and oxygen atoms in total. The molecule has 0 amide bonds. The van der Waals surface area contributed by atoms with E-state index in [0.29, 0.717) is 13.2 Å². The molecule has 0 spiro atoms. The molecule has 0 aromatic heterocycles. The third-order valence-corrected chi connectivity index (χ3v) is 1.85. The van der Waals surface area contributed by atoms with Crippen molar-refractivity contribution < 1.29 is 14.3 Å². The van der Waals surface area contributed by atoms with E-state index in [1.165, 1.54) is 0 Å². The van der Waals surface area contributed by atoms with E-state index in [9.17, 15) is 4.79 Å². The Morgan fingerprint density at radius 1 is 1.25 bits per heavy atom. The Morgan fingerprint density at radius 2 is 1.83 bits per heavy atom. The number of carbonyl (C=O) groups excluding carboxylic acids is 1. The second-order valence-corrected chi connectivity index (χ2v) is 2.67. The maximum atomic E-state index is 11.2. The molecule has 0 N–H and O–H groups in total. The van der Waals surface area contributed by atoms with Crippen molar-refractivity contribution in [3.8, 4) is 0 Å². The summed E-state index contributed by atoms with van der Waals surface area (Å²) in [6, 6.07) is 0. The fourth-order valence-electron chi connectivity index (χ4n) is 0.965. The summed E-state index contributed by atoms with van der Waals surface area (Å²) in [5.41, 5.74) is 0. The van der Waals surface area contributed by atoms with Gasteiger partial charge >= 0.3 is 5.97 Å². The topological polar surface area (TPSA) is 35.5 Å². The van der Waals surface area contributed by atoms with E-state index in [1.54, 1.807) is 7.11 Å². The van der Waals surface area contributed by atoms with Gasteiger partial charge in [-0.2, -0.15) is 0 Å². The van der Waals surface area contributed by atoms with Gasteiger partial charge in [-0.3, -0.25) is 4.79 Å². The fraction of sp³-hybridized carbons (Fsp3) is 0.889. The average Bonchev–Trinajstić information content (AvgIpc) is 2.07. The second kappa shape index (κ2) is 7.10.